The van der Waals surface area contributed by atoms with Crippen LogP contribution in [0.4, 0.5) is 0 Å². The minimum Gasteiger partial charge on any atom is -0.466 e. The van der Waals surface area contributed by atoms with E-state index < -0.39 is 0 Å². The van der Waals surface area contributed by atoms with E-state index in [1.54, 1.807) is 0 Å². The van der Waals surface area contributed by atoms with Crippen LogP contribution in [0.15, 0.2) is 5.11 Å². The largest absolute Gasteiger partial charge is 0.466 e. The van der Waals surface area contributed by atoms with E-state index in [0.717, 1.165) is 103 Å². The molecule has 8 heteroatoms. The van der Waals surface area contributed by atoms with Gasteiger partial charge in [-0.1, -0.05) is 167 Å². The van der Waals surface area contributed by atoms with Crippen molar-refractivity contribution in [2.75, 3.05) is 32.8 Å². The van der Waals surface area contributed by atoms with Crippen LogP contribution in [0.2, 0.25) is 0 Å². The Kier molecular flexibility index (Phi) is 41.5. The second-order valence-corrected chi connectivity index (χ2v) is 15.8. The number of rotatable bonds is 43. The Morgan fingerprint density at radius 3 is 1.40 bits per heavy atom. The summed E-state index contributed by atoms with van der Waals surface area (Å²) in [5.74, 6) is -0.0229. The van der Waals surface area contributed by atoms with Crippen molar-refractivity contribution in [1.29, 1.82) is 0 Å². The molecule has 0 fully saturated rings. The molecule has 0 bridgehead atoms. The van der Waals surface area contributed by atoms with Crippen molar-refractivity contribution >= 4 is 11.9 Å². The van der Waals surface area contributed by atoms with Gasteiger partial charge in [-0.15, -0.1) is 0 Å². The molecule has 0 saturated carbocycles. The normalized spacial score (nSPS) is 11.3. The first-order valence-electron chi connectivity index (χ1n) is 23.2. The molecule has 0 atom stereocenters. The van der Waals surface area contributed by atoms with Gasteiger partial charge in [-0.2, -0.15) is 0 Å². The van der Waals surface area contributed by atoms with Gasteiger partial charge in [0.05, 0.1) is 6.61 Å². The zero-order valence-corrected chi connectivity index (χ0v) is 35.6. The molecule has 8 nitrogen and oxygen atoms in total. The number of hydrogen-bond donors (Lipinski definition) is 0. The van der Waals surface area contributed by atoms with Gasteiger partial charge in [-0.05, 0) is 89.4 Å². The third kappa shape index (κ3) is 39.7. The van der Waals surface area contributed by atoms with Gasteiger partial charge < -0.3 is 14.4 Å². The summed E-state index contributed by atoms with van der Waals surface area (Å²) >= 11 is 0. The number of nitrogens with zero attached hydrogens (tertiary/aromatic N) is 4. The monoisotopic (exact) mass is 749 g/mol. The van der Waals surface area contributed by atoms with Gasteiger partial charge in [0.2, 0.25) is 0 Å². The molecule has 0 aromatic carbocycles. The van der Waals surface area contributed by atoms with E-state index in [1.165, 1.54) is 122 Å². The lowest BCUT2D eigenvalue weighted by Crippen LogP contribution is -2.27. The standard InChI is InChI=1S/C45H88N4O4/c1-4-7-10-13-16-25-32-42-52-44(50)36-28-21-17-23-30-39-49(41-33-38-47-48-46)40-31-24-18-22-29-37-45(51)53-43(34-26-19-14-11-8-5-2)35-27-20-15-12-9-6-3/h43H,4-42H2,1-3H3. The molecule has 0 aromatic rings. The lowest BCUT2D eigenvalue weighted by Gasteiger charge is -2.22. The van der Waals surface area contributed by atoms with Crippen LogP contribution in [0.5, 0.6) is 0 Å². The summed E-state index contributed by atoms with van der Waals surface area (Å²) < 4.78 is 11.5. The molecule has 0 aromatic heterocycles. The predicted molar refractivity (Wildman–Crippen MR) is 225 cm³/mol. The van der Waals surface area contributed by atoms with Crippen LogP contribution >= 0.6 is 0 Å². The maximum Gasteiger partial charge on any atom is 0.306 e. The Morgan fingerprint density at radius 2 is 0.906 bits per heavy atom. The van der Waals surface area contributed by atoms with Crippen molar-refractivity contribution in [2.24, 2.45) is 5.11 Å². The highest BCUT2D eigenvalue weighted by Crippen LogP contribution is 2.18. The lowest BCUT2D eigenvalue weighted by atomic mass is 10.0. The average Bonchev–Trinajstić information content (AvgIpc) is 3.15. The van der Waals surface area contributed by atoms with Gasteiger partial charge in [0.1, 0.15) is 6.10 Å². The second kappa shape index (κ2) is 42.9. The zero-order chi connectivity index (χ0) is 38.7. The molecule has 0 heterocycles. The second-order valence-electron chi connectivity index (χ2n) is 15.8. The summed E-state index contributed by atoms with van der Waals surface area (Å²) in [4.78, 5) is 30.2. The topological polar surface area (TPSA) is 105 Å². The van der Waals surface area contributed by atoms with E-state index >= 15 is 0 Å². The number of azide groups is 1. The summed E-state index contributed by atoms with van der Waals surface area (Å²) in [5.41, 5.74) is 8.65. The molecule has 53 heavy (non-hydrogen) atoms. The molecular formula is C45H88N4O4. The van der Waals surface area contributed by atoms with E-state index in [1.807, 2.05) is 0 Å². The fourth-order valence-corrected chi connectivity index (χ4v) is 7.14. The summed E-state index contributed by atoms with van der Waals surface area (Å²) in [6.07, 6.45) is 39.1. The van der Waals surface area contributed by atoms with Crippen LogP contribution in [0, 0.1) is 0 Å². The summed E-state index contributed by atoms with van der Waals surface area (Å²) in [5, 5.41) is 3.73. The van der Waals surface area contributed by atoms with Crippen LogP contribution in [0.1, 0.15) is 239 Å². The number of carbonyl (C=O) groups excluding carboxylic acids is 2. The third-order valence-electron chi connectivity index (χ3n) is 10.6. The highest BCUT2D eigenvalue weighted by Gasteiger charge is 2.14. The minimum absolute atomic E-state index is 0.0110. The molecule has 0 saturated heterocycles. The van der Waals surface area contributed by atoms with Gasteiger partial charge in [-0.3, -0.25) is 9.59 Å². The van der Waals surface area contributed by atoms with Crippen molar-refractivity contribution in [2.45, 2.75) is 245 Å². The maximum atomic E-state index is 12.8. The average molecular weight is 749 g/mol. The summed E-state index contributed by atoms with van der Waals surface area (Å²) in [7, 11) is 0. The molecule has 0 spiro atoms. The van der Waals surface area contributed by atoms with Gasteiger partial charge in [0, 0.05) is 24.3 Å². The Labute approximate surface area is 328 Å². The Balaban J connectivity index is 4.17. The van der Waals surface area contributed by atoms with Gasteiger partial charge in [0.25, 0.3) is 0 Å². The maximum absolute atomic E-state index is 12.8. The number of carbonyl (C=O) groups is 2. The highest BCUT2D eigenvalue weighted by molar-refractivity contribution is 5.69. The highest BCUT2D eigenvalue weighted by atomic mass is 16.5. The first-order valence-corrected chi connectivity index (χ1v) is 23.2. The zero-order valence-electron chi connectivity index (χ0n) is 35.6. The van der Waals surface area contributed by atoms with Gasteiger partial charge in [0.15, 0.2) is 0 Å². The molecule has 0 rings (SSSR count). The molecule has 0 aliphatic carbocycles. The fraction of sp³-hybridized carbons (Fsp3) is 0.956. The van der Waals surface area contributed by atoms with Crippen molar-refractivity contribution < 1.29 is 19.1 Å². The predicted octanol–water partition coefficient (Wildman–Crippen LogP) is 14.4. The number of hydrogen-bond acceptors (Lipinski definition) is 6. The first-order chi connectivity index (χ1) is 26.1. The molecular weight excluding hydrogens is 661 g/mol. The van der Waals surface area contributed by atoms with Crippen molar-refractivity contribution in [1.82, 2.24) is 4.90 Å². The number of ether oxygens (including phenoxy) is 2. The quantitative estimate of drug-likeness (QED) is 0.0203. The van der Waals surface area contributed by atoms with E-state index in [0.29, 0.717) is 26.0 Å². The van der Waals surface area contributed by atoms with Crippen LogP contribution < -0.4 is 0 Å². The SMILES string of the molecule is CCCCCCCCCOC(=O)CCCCCCCN(CCCCCCCC(=O)OC(CCCCCCCC)CCCCCCCC)CCCN=[N+]=[N-]. The molecule has 0 amide bonds. The third-order valence-corrected chi connectivity index (χ3v) is 10.6. The Bertz CT molecular complexity index is 819. The van der Waals surface area contributed by atoms with Crippen molar-refractivity contribution in [3.8, 4) is 0 Å². The molecule has 0 N–H and O–H groups in total. The molecule has 312 valence electrons. The lowest BCUT2D eigenvalue weighted by molar-refractivity contribution is -0.150. The van der Waals surface area contributed by atoms with Gasteiger partial charge >= 0.3 is 11.9 Å². The Morgan fingerprint density at radius 1 is 0.509 bits per heavy atom. The van der Waals surface area contributed by atoms with E-state index in [-0.39, 0.29) is 18.0 Å². The van der Waals surface area contributed by atoms with Crippen LogP contribution in [-0.2, 0) is 19.1 Å². The first kappa shape index (κ1) is 51.2. The fourth-order valence-electron chi connectivity index (χ4n) is 7.14. The van der Waals surface area contributed by atoms with Crippen molar-refractivity contribution in [3.63, 3.8) is 0 Å². The minimum atomic E-state index is -0.0339. The number of unbranched alkanes of at least 4 members (excludes halogenated alkanes) is 24. The van der Waals surface area contributed by atoms with Crippen LogP contribution in [0.25, 0.3) is 10.4 Å². The Hall–Kier alpha value is -1.79. The van der Waals surface area contributed by atoms with E-state index in [4.69, 9.17) is 15.0 Å². The van der Waals surface area contributed by atoms with Crippen LogP contribution in [0.3, 0.4) is 0 Å². The van der Waals surface area contributed by atoms with E-state index in [9.17, 15) is 9.59 Å². The molecule has 0 aliphatic rings. The van der Waals surface area contributed by atoms with E-state index in [2.05, 4.69) is 35.7 Å². The summed E-state index contributed by atoms with van der Waals surface area (Å²) in [6.45, 7) is 11.0. The molecule has 0 radical (unpaired) electrons. The molecule has 0 unspecified atom stereocenters. The number of esters is 2. The van der Waals surface area contributed by atoms with Gasteiger partial charge in [-0.25, -0.2) is 0 Å². The summed E-state index contributed by atoms with van der Waals surface area (Å²) in [6, 6.07) is 0. The van der Waals surface area contributed by atoms with Crippen molar-refractivity contribution in [3.05, 3.63) is 10.4 Å². The smallest absolute Gasteiger partial charge is 0.306 e. The molecule has 0 aliphatic heterocycles. The van der Waals surface area contributed by atoms with Crippen LogP contribution in [-0.4, -0.2) is 55.7 Å².